The lowest BCUT2D eigenvalue weighted by Crippen LogP contribution is -2.37. The zero-order chi connectivity index (χ0) is 62.6. The van der Waals surface area contributed by atoms with Crippen LogP contribution in [0.4, 0.5) is 0 Å². The van der Waals surface area contributed by atoms with Crippen molar-refractivity contribution in [2.75, 3.05) is 47.5 Å². The summed E-state index contributed by atoms with van der Waals surface area (Å²) in [5.74, 6) is -0.812. The third kappa shape index (κ3) is 68.7. The number of ether oxygens (including phenoxy) is 2. The molecule has 0 heterocycles. The SMILES string of the molecule is CC/C=C\C/C=C\C/C=C\C/C=C\C/C=C\C/C=C\C/C=C\C/C=C\C/C=C\CCCCCCCCCCCCCC(=O)OC(COC(=O)CCCCCCCCCCCC/C=C\C/C=C\C/C=C\C/C=C\CC)COP(=O)(O)OCC[N+](C)(C)C. The molecule has 0 aromatic heterocycles. The number of allylic oxidation sites excluding steroid dienone is 26. The van der Waals surface area contributed by atoms with Gasteiger partial charge < -0.3 is 18.9 Å². The maximum Gasteiger partial charge on any atom is 0.472 e. The van der Waals surface area contributed by atoms with Crippen molar-refractivity contribution >= 4 is 19.8 Å². The van der Waals surface area contributed by atoms with E-state index in [1.807, 2.05) is 21.1 Å². The van der Waals surface area contributed by atoms with Crippen LogP contribution in [0.2, 0.25) is 0 Å². The van der Waals surface area contributed by atoms with Gasteiger partial charge in [0.1, 0.15) is 19.8 Å². The molecule has 0 fully saturated rings. The predicted octanol–water partition coefficient (Wildman–Crippen LogP) is 22.4. The zero-order valence-electron chi connectivity index (χ0n) is 55.5. The highest BCUT2D eigenvalue weighted by atomic mass is 31.2. The van der Waals surface area contributed by atoms with Crippen LogP contribution in [0.5, 0.6) is 0 Å². The fourth-order valence-corrected chi connectivity index (χ4v) is 9.62. The fourth-order valence-electron chi connectivity index (χ4n) is 8.88. The van der Waals surface area contributed by atoms with E-state index >= 15 is 0 Å². The molecule has 86 heavy (non-hydrogen) atoms. The second-order valence-corrected chi connectivity index (χ2v) is 24.9. The van der Waals surface area contributed by atoms with E-state index in [9.17, 15) is 19.0 Å². The first kappa shape index (κ1) is 81.6. The van der Waals surface area contributed by atoms with Gasteiger partial charge in [0.15, 0.2) is 6.10 Å². The molecule has 0 rings (SSSR count). The van der Waals surface area contributed by atoms with Crippen molar-refractivity contribution < 1.29 is 42.1 Å². The Morgan fingerprint density at radius 3 is 0.930 bits per heavy atom. The van der Waals surface area contributed by atoms with Crippen LogP contribution in [-0.4, -0.2) is 74.9 Å². The van der Waals surface area contributed by atoms with Crippen molar-refractivity contribution in [1.29, 1.82) is 0 Å². The molecule has 0 saturated heterocycles. The number of quaternary nitrogens is 1. The van der Waals surface area contributed by atoms with Gasteiger partial charge in [-0.15, -0.1) is 0 Å². The van der Waals surface area contributed by atoms with E-state index in [-0.39, 0.29) is 32.0 Å². The molecule has 0 aromatic rings. The summed E-state index contributed by atoms with van der Waals surface area (Å²) in [6.07, 6.45) is 97.6. The summed E-state index contributed by atoms with van der Waals surface area (Å²) in [4.78, 5) is 35.8. The van der Waals surface area contributed by atoms with Gasteiger partial charge >= 0.3 is 19.8 Å². The number of esters is 2. The minimum atomic E-state index is -4.40. The topological polar surface area (TPSA) is 108 Å². The van der Waals surface area contributed by atoms with Crippen molar-refractivity contribution in [2.24, 2.45) is 0 Å². The number of carbonyl (C=O) groups excluding carboxylic acids is 2. The number of phosphoric acid groups is 1. The van der Waals surface area contributed by atoms with E-state index in [4.69, 9.17) is 18.5 Å². The van der Waals surface area contributed by atoms with Crippen LogP contribution in [0.15, 0.2) is 158 Å². The molecule has 0 saturated carbocycles. The Morgan fingerprint density at radius 1 is 0.360 bits per heavy atom. The monoisotopic (exact) mass is 1210 g/mol. The van der Waals surface area contributed by atoms with Gasteiger partial charge in [-0.3, -0.25) is 18.6 Å². The number of carbonyl (C=O) groups is 2. The first-order valence-corrected chi connectivity index (χ1v) is 35.7. The van der Waals surface area contributed by atoms with Crippen molar-refractivity contribution in [3.8, 4) is 0 Å². The minimum Gasteiger partial charge on any atom is -0.462 e. The second kappa shape index (κ2) is 65.1. The highest BCUT2D eigenvalue weighted by Crippen LogP contribution is 2.43. The highest BCUT2D eigenvalue weighted by molar-refractivity contribution is 7.47. The fraction of sp³-hybridized carbons (Fsp3) is 0.632. The molecule has 0 bridgehead atoms. The van der Waals surface area contributed by atoms with E-state index in [0.717, 1.165) is 141 Å². The van der Waals surface area contributed by atoms with Gasteiger partial charge in [-0.2, -0.15) is 0 Å². The molecule has 2 atom stereocenters. The Hall–Kier alpha value is -4.37. The maximum atomic E-state index is 12.9. The summed E-state index contributed by atoms with van der Waals surface area (Å²) in [6, 6.07) is 0. The van der Waals surface area contributed by atoms with Gasteiger partial charge in [0.25, 0.3) is 0 Å². The number of hydrogen-bond acceptors (Lipinski definition) is 7. The Balaban J connectivity index is 4.11. The molecule has 2 unspecified atom stereocenters. The third-order valence-electron chi connectivity index (χ3n) is 14.1. The average molecular weight is 1210 g/mol. The van der Waals surface area contributed by atoms with Gasteiger partial charge in [0.2, 0.25) is 0 Å². The number of unbranched alkanes of at least 4 members (excludes halogenated alkanes) is 21. The molecule has 0 spiro atoms. The Kier molecular flexibility index (Phi) is 61.8. The van der Waals surface area contributed by atoms with E-state index in [1.165, 1.54) is 83.5 Å². The van der Waals surface area contributed by atoms with Crippen molar-refractivity contribution in [3.05, 3.63) is 158 Å². The number of phosphoric ester groups is 1. The summed E-state index contributed by atoms with van der Waals surface area (Å²) in [7, 11) is 1.46. The molecule has 0 aromatic carbocycles. The molecular weight excluding hydrogens is 1090 g/mol. The van der Waals surface area contributed by atoms with E-state index in [2.05, 4.69) is 172 Å². The lowest BCUT2D eigenvalue weighted by molar-refractivity contribution is -0.870. The van der Waals surface area contributed by atoms with Gasteiger partial charge in [0.05, 0.1) is 27.7 Å². The lowest BCUT2D eigenvalue weighted by Gasteiger charge is -2.24. The van der Waals surface area contributed by atoms with Crippen LogP contribution in [0.3, 0.4) is 0 Å². The van der Waals surface area contributed by atoms with Crippen molar-refractivity contribution in [3.63, 3.8) is 0 Å². The summed E-state index contributed by atoms with van der Waals surface area (Å²) >= 11 is 0. The Bertz CT molecular complexity index is 2010. The van der Waals surface area contributed by atoms with Crippen LogP contribution in [-0.2, 0) is 32.7 Å². The molecule has 0 amide bonds. The molecule has 9 nitrogen and oxygen atoms in total. The van der Waals surface area contributed by atoms with E-state index in [1.54, 1.807) is 0 Å². The largest absolute Gasteiger partial charge is 0.472 e. The molecule has 0 aliphatic heterocycles. The maximum absolute atomic E-state index is 12.9. The third-order valence-corrected chi connectivity index (χ3v) is 15.0. The molecule has 0 aliphatic rings. The van der Waals surface area contributed by atoms with Gasteiger partial charge in [-0.25, -0.2) is 4.57 Å². The summed E-state index contributed by atoms with van der Waals surface area (Å²) < 4.78 is 34.7. The second-order valence-electron chi connectivity index (χ2n) is 23.4. The standard InChI is InChI=1S/C76H126NO8P/c1-6-8-10-12-14-16-18-20-22-24-26-28-30-31-32-33-34-35-36-37-38-39-40-41-42-43-44-45-47-49-51-53-55-57-59-61-63-65-67-69-76(79)85-74(73-84-86(80,81)83-71-70-77(3,4)5)72-82-75(78)68-66-64-62-60-58-56-54-52-50-48-46-29-27-25-23-21-19-17-15-13-11-9-7-2/h8-11,14-17,20-23,26-29,31-32,34-35,37-38,40-41,43-44,74H,6-7,12-13,18-19,24-25,30,33,36,39,42,45-73H2,1-5H3/p+1/b10-8-,11-9-,16-14-,17-15-,22-20-,23-21-,28-26-,29-27-,32-31-,35-34-,38-37-,41-40-,44-43-. The van der Waals surface area contributed by atoms with Gasteiger partial charge in [-0.05, 0) is 122 Å². The molecule has 1 N–H and O–H groups in total. The Morgan fingerprint density at radius 2 is 0.628 bits per heavy atom. The number of nitrogens with zero attached hydrogens (tertiary/aromatic N) is 1. The molecule has 488 valence electrons. The number of hydrogen-bond donors (Lipinski definition) is 1. The van der Waals surface area contributed by atoms with Gasteiger partial charge in [0, 0.05) is 12.8 Å². The van der Waals surface area contributed by atoms with Crippen molar-refractivity contribution in [2.45, 2.75) is 264 Å². The van der Waals surface area contributed by atoms with Crippen LogP contribution in [0.1, 0.15) is 258 Å². The smallest absolute Gasteiger partial charge is 0.462 e. The van der Waals surface area contributed by atoms with Gasteiger partial charge in [-0.1, -0.05) is 281 Å². The number of rotatable bonds is 61. The van der Waals surface area contributed by atoms with Crippen LogP contribution in [0.25, 0.3) is 0 Å². The predicted molar refractivity (Wildman–Crippen MR) is 371 cm³/mol. The Labute approximate surface area is 528 Å². The quantitative estimate of drug-likeness (QED) is 0.0211. The molecule has 10 heteroatoms. The van der Waals surface area contributed by atoms with Crippen LogP contribution >= 0.6 is 7.82 Å². The zero-order valence-corrected chi connectivity index (χ0v) is 56.4. The summed E-state index contributed by atoms with van der Waals surface area (Å²) in [5.41, 5.74) is 0. The summed E-state index contributed by atoms with van der Waals surface area (Å²) in [5, 5.41) is 0. The van der Waals surface area contributed by atoms with Crippen molar-refractivity contribution in [1.82, 2.24) is 0 Å². The number of likely N-dealkylation sites (N-methyl/N-ethyl adjacent to an activating group) is 1. The van der Waals surface area contributed by atoms with E-state index < -0.39 is 26.5 Å². The summed E-state index contributed by atoms with van der Waals surface area (Å²) in [6.45, 7) is 4.19. The molecule has 0 aliphatic carbocycles. The molecular formula is C76H127NO8P+. The highest BCUT2D eigenvalue weighted by Gasteiger charge is 2.27. The average Bonchev–Trinajstić information content (AvgIpc) is 3.56. The minimum absolute atomic E-state index is 0.0231. The van der Waals surface area contributed by atoms with Crippen LogP contribution in [0, 0.1) is 0 Å². The lowest BCUT2D eigenvalue weighted by atomic mass is 10.0. The normalized spacial score (nSPS) is 14.2. The first-order valence-electron chi connectivity index (χ1n) is 34.2. The van der Waals surface area contributed by atoms with Crippen LogP contribution < -0.4 is 0 Å². The first-order chi connectivity index (χ1) is 42.0. The molecule has 0 radical (unpaired) electrons. The van der Waals surface area contributed by atoms with E-state index in [0.29, 0.717) is 17.4 Å².